The van der Waals surface area contributed by atoms with Gasteiger partial charge in [0.2, 0.25) is 10.0 Å². The number of hydrogen-bond acceptors (Lipinski definition) is 5. The maximum Gasteiger partial charge on any atom is 0.303 e. The Bertz CT molecular complexity index is 609. The van der Waals surface area contributed by atoms with Crippen LogP contribution in [0.25, 0.3) is 0 Å². The van der Waals surface area contributed by atoms with Gasteiger partial charge in [0.25, 0.3) is 0 Å². The van der Waals surface area contributed by atoms with Crippen molar-refractivity contribution >= 4 is 21.8 Å². The van der Waals surface area contributed by atoms with Gasteiger partial charge in [-0.1, -0.05) is 0 Å². The molecule has 0 bridgehead atoms. The number of ether oxygens (including phenoxy) is 1. The van der Waals surface area contributed by atoms with Crippen LogP contribution in [0.3, 0.4) is 0 Å². The molecule has 0 radical (unpaired) electrons. The topological polar surface area (TPSA) is 110 Å². The van der Waals surface area contributed by atoms with Crippen molar-refractivity contribution in [2.24, 2.45) is 0 Å². The van der Waals surface area contributed by atoms with Gasteiger partial charge >= 0.3 is 5.97 Å². The summed E-state index contributed by atoms with van der Waals surface area (Å²) >= 11 is 0. The number of sulfonamides is 1. The van der Waals surface area contributed by atoms with Gasteiger partial charge in [-0.05, 0) is 37.6 Å². The Labute approximate surface area is 129 Å². The summed E-state index contributed by atoms with van der Waals surface area (Å²) in [6.45, 7) is 1.95. The van der Waals surface area contributed by atoms with E-state index >= 15 is 0 Å². The quantitative estimate of drug-likeness (QED) is 0.667. The van der Waals surface area contributed by atoms with Gasteiger partial charge in [-0.25, -0.2) is 13.1 Å². The van der Waals surface area contributed by atoms with Gasteiger partial charge in [-0.3, -0.25) is 9.59 Å². The highest BCUT2D eigenvalue weighted by molar-refractivity contribution is 7.89. The first-order chi connectivity index (χ1) is 10.3. The van der Waals surface area contributed by atoms with Gasteiger partial charge in [-0.15, -0.1) is 0 Å². The molecular formula is C14H19NO6S. The second kappa shape index (κ2) is 8.50. The van der Waals surface area contributed by atoms with E-state index in [1.165, 1.54) is 24.3 Å². The molecule has 1 aromatic carbocycles. The van der Waals surface area contributed by atoms with Crippen LogP contribution in [0.1, 0.15) is 26.2 Å². The summed E-state index contributed by atoms with van der Waals surface area (Å²) in [4.78, 5) is 21.9. The molecule has 2 N–H and O–H groups in total. The minimum atomic E-state index is -3.77. The summed E-state index contributed by atoms with van der Waals surface area (Å²) in [5, 5.41) is 8.46. The molecule has 8 heteroatoms. The molecule has 0 aliphatic heterocycles. The van der Waals surface area contributed by atoms with E-state index in [2.05, 4.69) is 4.72 Å². The molecule has 0 amide bonds. The normalized spacial score (nSPS) is 11.1. The van der Waals surface area contributed by atoms with E-state index in [0.29, 0.717) is 12.4 Å². The molecule has 0 atom stereocenters. The number of ketones is 1. The van der Waals surface area contributed by atoms with Crippen LogP contribution < -0.4 is 9.46 Å². The van der Waals surface area contributed by atoms with Crippen molar-refractivity contribution in [3.8, 4) is 5.75 Å². The van der Waals surface area contributed by atoms with E-state index in [0.717, 1.165) is 0 Å². The minimum Gasteiger partial charge on any atom is -0.494 e. The molecule has 1 aromatic rings. The number of carbonyl (C=O) groups excluding carboxylic acids is 1. The van der Waals surface area contributed by atoms with E-state index in [4.69, 9.17) is 9.84 Å². The Morgan fingerprint density at radius 3 is 2.36 bits per heavy atom. The largest absolute Gasteiger partial charge is 0.494 e. The monoisotopic (exact) mass is 329 g/mol. The summed E-state index contributed by atoms with van der Waals surface area (Å²) in [7, 11) is -3.77. The Kier molecular flexibility index (Phi) is 7.00. The number of carboxylic acid groups (broad SMARTS) is 1. The zero-order chi connectivity index (χ0) is 16.6. The van der Waals surface area contributed by atoms with Crippen LogP contribution in [-0.4, -0.2) is 38.4 Å². The molecule has 0 saturated carbocycles. The summed E-state index contributed by atoms with van der Waals surface area (Å²) in [6.07, 6.45) is 0.106. The third-order valence-electron chi connectivity index (χ3n) is 2.75. The lowest BCUT2D eigenvalue weighted by atomic mass is 10.2. The Balaban J connectivity index is 2.52. The van der Waals surface area contributed by atoms with Crippen LogP contribution in [0.2, 0.25) is 0 Å². The molecule has 22 heavy (non-hydrogen) atoms. The molecule has 0 unspecified atom stereocenters. The van der Waals surface area contributed by atoms with Gasteiger partial charge in [0.1, 0.15) is 11.5 Å². The fourth-order valence-electron chi connectivity index (χ4n) is 1.67. The van der Waals surface area contributed by atoms with E-state index in [1.54, 1.807) is 0 Å². The Morgan fingerprint density at radius 2 is 1.82 bits per heavy atom. The van der Waals surface area contributed by atoms with Crippen molar-refractivity contribution < 1.29 is 27.9 Å². The van der Waals surface area contributed by atoms with Crippen molar-refractivity contribution in [2.45, 2.75) is 31.1 Å². The van der Waals surface area contributed by atoms with E-state index < -0.39 is 16.0 Å². The first-order valence-electron chi connectivity index (χ1n) is 6.81. The highest BCUT2D eigenvalue weighted by Crippen LogP contribution is 2.15. The molecule has 1 rings (SSSR count). The second-order valence-electron chi connectivity index (χ2n) is 4.51. The molecule has 0 fully saturated rings. The molecule has 0 spiro atoms. The molecule has 0 aromatic heterocycles. The summed E-state index contributed by atoms with van der Waals surface area (Å²) < 4.78 is 31.4. The van der Waals surface area contributed by atoms with Gasteiger partial charge in [0.15, 0.2) is 0 Å². The fraction of sp³-hybridized carbons (Fsp3) is 0.429. The van der Waals surface area contributed by atoms with Crippen molar-refractivity contribution in [3.63, 3.8) is 0 Å². The Morgan fingerprint density at radius 1 is 1.18 bits per heavy atom. The number of hydrogen-bond donors (Lipinski definition) is 2. The minimum absolute atomic E-state index is 0.0259. The van der Waals surface area contributed by atoms with Gasteiger partial charge in [0.05, 0.1) is 18.0 Å². The van der Waals surface area contributed by atoms with Gasteiger partial charge in [0, 0.05) is 12.8 Å². The predicted octanol–water partition coefficient (Wildman–Crippen LogP) is 1.19. The lowest BCUT2D eigenvalue weighted by Crippen LogP contribution is -2.29. The van der Waals surface area contributed by atoms with Crippen molar-refractivity contribution in [3.05, 3.63) is 24.3 Å². The zero-order valence-corrected chi connectivity index (χ0v) is 13.1. The maximum absolute atomic E-state index is 12.0. The van der Waals surface area contributed by atoms with E-state index in [1.807, 2.05) is 6.92 Å². The lowest BCUT2D eigenvalue weighted by molar-refractivity contribution is -0.137. The zero-order valence-electron chi connectivity index (χ0n) is 12.2. The summed E-state index contributed by atoms with van der Waals surface area (Å²) in [6, 6.07) is 5.85. The number of benzene rings is 1. The lowest BCUT2D eigenvalue weighted by Gasteiger charge is -2.07. The van der Waals surface area contributed by atoms with Crippen LogP contribution in [0.5, 0.6) is 5.75 Å². The van der Waals surface area contributed by atoms with E-state index in [9.17, 15) is 18.0 Å². The Hall–Kier alpha value is -1.93. The smallest absolute Gasteiger partial charge is 0.303 e. The predicted molar refractivity (Wildman–Crippen MR) is 79.3 cm³/mol. The second-order valence-corrected chi connectivity index (χ2v) is 6.28. The van der Waals surface area contributed by atoms with Crippen LogP contribution >= 0.6 is 0 Å². The van der Waals surface area contributed by atoms with Crippen molar-refractivity contribution in [2.75, 3.05) is 13.2 Å². The van der Waals surface area contributed by atoms with Crippen LogP contribution in [0, 0.1) is 0 Å². The highest BCUT2D eigenvalue weighted by Gasteiger charge is 2.15. The van der Waals surface area contributed by atoms with Crippen LogP contribution in [-0.2, 0) is 19.6 Å². The molecule has 7 nitrogen and oxygen atoms in total. The van der Waals surface area contributed by atoms with E-state index in [-0.39, 0.29) is 36.5 Å². The van der Waals surface area contributed by atoms with Crippen molar-refractivity contribution in [1.82, 2.24) is 4.72 Å². The number of carbonyl (C=O) groups is 2. The number of rotatable bonds is 10. The summed E-state index contributed by atoms with van der Waals surface area (Å²) in [5.74, 6) is -0.773. The number of nitrogens with one attached hydrogen (secondary N) is 1. The number of Topliss-reactive ketones (excluding diaryl/α,β-unsaturated/α-hetero) is 1. The first-order valence-corrected chi connectivity index (χ1v) is 8.29. The van der Waals surface area contributed by atoms with Gasteiger partial charge in [-0.2, -0.15) is 0 Å². The van der Waals surface area contributed by atoms with Crippen molar-refractivity contribution in [1.29, 1.82) is 0 Å². The third kappa shape index (κ3) is 6.23. The molecule has 0 aliphatic rings. The van der Waals surface area contributed by atoms with Gasteiger partial charge < -0.3 is 9.84 Å². The molecule has 122 valence electrons. The molecule has 0 heterocycles. The molecule has 0 saturated heterocycles. The maximum atomic E-state index is 12.0. The SMILES string of the molecule is CCOc1ccc(S(=O)(=O)NCC(=O)CCCC(=O)O)cc1. The third-order valence-corrected chi connectivity index (χ3v) is 4.17. The molecular weight excluding hydrogens is 310 g/mol. The average Bonchev–Trinajstić information content (AvgIpc) is 2.46. The standard InChI is InChI=1S/C14H19NO6S/c1-2-21-12-6-8-13(9-7-12)22(19,20)15-10-11(16)4-3-5-14(17)18/h6-9,15H,2-5,10H2,1H3,(H,17,18). The highest BCUT2D eigenvalue weighted by atomic mass is 32.2. The number of carboxylic acids is 1. The summed E-state index contributed by atoms with van der Waals surface area (Å²) in [5.41, 5.74) is 0. The molecule has 0 aliphatic carbocycles. The van der Waals surface area contributed by atoms with Crippen LogP contribution in [0.4, 0.5) is 0 Å². The van der Waals surface area contributed by atoms with Crippen LogP contribution in [0.15, 0.2) is 29.2 Å². The first kappa shape index (κ1) is 18.1. The average molecular weight is 329 g/mol. The number of aliphatic carboxylic acids is 1. The fourth-order valence-corrected chi connectivity index (χ4v) is 2.68.